The Labute approximate surface area is 86.5 Å². The number of aromatic nitrogens is 3. The predicted octanol–water partition coefficient (Wildman–Crippen LogP) is 0.760. The molecular formula is C10H12N4O. The SMILES string of the molecule is Cc1ccnc(-n2[nH]c(C)c(N)c2=O)c1. The second-order valence-electron chi connectivity index (χ2n) is 3.48. The summed E-state index contributed by atoms with van der Waals surface area (Å²) in [5.41, 5.74) is 7.26. The molecule has 0 aromatic carbocycles. The highest BCUT2D eigenvalue weighted by Crippen LogP contribution is 2.06. The van der Waals surface area contributed by atoms with Crippen LogP contribution in [0.1, 0.15) is 11.3 Å². The van der Waals surface area contributed by atoms with Crippen LogP contribution in [0.2, 0.25) is 0 Å². The summed E-state index contributed by atoms with van der Waals surface area (Å²) in [4.78, 5) is 15.8. The fraction of sp³-hybridized carbons (Fsp3) is 0.200. The van der Waals surface area contributed by atoms with Gasteiger partial charge in [0, 0.05) is 6.20 Å². The van der Waals surface area contributed by atoms with Crippen LogP contribution in [0.15, 0.2) is 23.1 Å². The summed E-state index contributed by atoms with van der Waals surface area (Å²) in [5, 5.41) is 2.87. The van der Waals surface area contributed by atoms with Gasteiger partial charge in [-0.3, -0.25) is 9.89 Å². The maximum absolute atomic E-state index is 11.7. The molecule has 0 aliphatic heterocycles. The molecule has 2 aromatic heterocycles. The Kier molecular flexibility index (Phi) is 2.07. The molecule has 2 aromatic rings. The van der Waals surface area contributed by atoms with Crippen LogP contribution in [-0.4, -0.2) is 14.8 Å². The fourth-order valence-electron chi connectivity index (χ4n) is 1.36. The molecule has 78 valence electrons. The number of hydrogen-bond acceptors (Lipinski definition) is 3. The number of nitrogen functional groups attached to an aromatic ring is 1. The van der Waals surface area contributed by atoms with Crippen LogP contribution in [0, 0.1) is 13.8 Å². The second kappa shape index (κ2) is 3.27. The molecule has 0 saturated carbocycles. The van der Waals surface area contributed by atoms with Crippen molar-refractivity contribution in [1.29, 1.82) is 0 Å². The Morgan fingerprint density at radius 2 is 2.20 bits per heavy atom. The van der Waals surface area contributed by atoms with Gasteiger partial charge in [-0.15, -0.1) is 0 Å². The van der Waals surface area contributed by atoms with E-state index in [2.05, 4.69) is 10.1 Å². The van der Waals surface area contributed by atoms with Crippen LogP contribution in [0.4, 0.5) is 5.69 Å². The largest absolute Gasteiger partial charge is 0.393 e. The lowest BCUT2D eigenvalue weighted by Crippen LogP contribution is -2.17. The third-order valence-electron chi connectivity index (χ3n) is 2.25. The standard InChI is InChI=1S/C10H12N4O/c1-6-3-4-12-8(5-6)14-10(15)9(11)7(2)13-14/h3-5,13H,11H2,1-2H3. The summed E-state index contributed by atoms with van der Waals surface area (Å²) < 4.78 is 1.34. The zero-order valence-corrected chi connectivity index (χ0v) is 8.61. The molecule has 15 heavy (non-hydrogen) atoms. The lowest BCUT2D eigenvalue weighted by Gasteiger charge is -2.00. The van der Waals surface area contributed by atoms with Crippen molar-refractivity contribution >= 4 is 5.69 Å². The van der Waals surface area contributed by atoms with E-state index in [1.165, 1.54) is 4.68 Å². The molecule has 0 spiro atoms. The predicted molar refractivity (Wildman–Crippen MR) is 58.1 cm³/mol. The van der Waals surface area contributed by atoms with E-state index in [-0.39, 0.29) is 11.2 Å². The van der Waals surface area contributed by atoms with Gasteiger partial charge in [0.05, 0.1) is 5.69 Å². The minimum atomic E-state index is -0.259. The normalized spacial score (nSPS) is 10.5. The molecule has 2 rings (SSSR count). The van der Waals surface area contributed by atoms with Crippen molar-refractivity contribution in [3.63, 3.8) is 0 Å². The van der Waals surface area contributed by atoms with Crippen molar-refractivity contribution in [1.82, 2.24) is 14.8 Å². The molecule has 0 atom stereocenters. The Bertz CT molecular complexity index is 553. The van der Waals surface area contributed by atoms with Crippen LogP contribution in [0.5, 0.6) is 0 Å². The Hall–Kier alpha value is -2.04. The lowest BCUT2D eigenvalue weighted by atomic mass is 10.3. The molecule has 0 fully saturated rings. The minimum absolute atomic E-state index is 0.235. The summed E-state index contributed by atoms with van der Waals surface area (Å²) in [6, 6.07) is 3.68. The van der Waals surface area contributed by atoms with E-state index < -0.39 is 0 Å². The number of nitrogens with two attached hydrogens (primary N) is 1. The first-order valence-corrected chi connectivity index (χ1v) is 4.59. The van der Waals surface area contributed by atoms with Gasteiger partial charge in [-0.1, -0.05) is 0 Å². The van der Waals surface area contributed by atoms with Gasteiger partial charge in [0.2, 0.25) is 0 Å². The Morgan fingerprint density at radius 3 is 2.73 bits per heavy atom. The van der Waals surface area contributed by atoms with E-state index in [9.17, 15) is 4.79 Å². The van der Waals surface area contributed by atoms with E-state index in [0.29, 0.717) is 11.5 Å². The van der Waals surface area contributed by atoms with Crippen molar-refractivity contribution in [3.05, 3.63) is 39.9 Å². The minimum Gasteiger partial charge on any atom is -0.393 e. The third-order valence-corrected chi connectivity index (χ3v) is 2.25. The van der Waals surface area contributed by atoms with E-state index in [1.54, 1.807) is 13.1 Å². The van der Waals surface area contributed by atoms with Gasteiger partial charge in [-0.05, 0) is 31.5 Å². The summed E-state index contributed by atoms with van der Waals surface area (Å²) in [5.74, 6) is 0.555. The summed E-state index contributed by atoms with van der Waals surface area (Å²) in [7, 11) is 0. The fourth-order valence-corrected chi connectivity index (χ4v) is 1.36. The lowest BCUT2D eigenvalue weighted by molar-refractivity contribution is 0.806. The van der Waals surface area contributed by atoms with Gasteiger partial charge < -0.3 is 5.73 Å². The average molecular weight is 204 g/mol. The van der Waals surface area contributed by atoms with Gasteiger partial charge in [0.15, 0.2) is 5.82 Å². The first kappa shape index (κ1) is 9.51. The maximum atomic E-state index is 11.7. The molecule has 0 amide bonds. The van der Waals surface area contributed by atoms with Crippen LogP contribution in [0.3, 0.4) is 0 Å². The summed E-state index contributed by atoms with van der Waals surface area (Å²) >= 11 is 0. The topological polar surface area (TPSA) is 76.7 Å². The number of rotatable bonds is 1. The number of H-pyrrole nitrogens is 1. The molecule has 3 N–H and O–H groups in total. The zero-order valence-electron chi connectivity index (χ0n) is 8.61. The molecule has 0 unspecified atom stereocenters. The average Bonchev–Trinajstić information content (AvgIpc) is 2.46. The van der Waals surface area contributed by atoms with Crippen molar-refractivity contribution in [3.8, 4) is 5.82 Å². The summed E-state index contributed by atoms with van der Waals surface area (Å²) in [6.07, 6.45) is 1.66. The highest BCUT2D eigenvalue weighted by Gasteiger charge is 2.09. The molecule has 2 heterocycles. The Balaban J connectivity index is 2.64. The first-order chi connectivity index (χ1) is 7.09. The number of hydrogen-bond donors (Lipinski definition) is 2. The number of aryl methyl sites for hydroxylation is 2. The molecule has 5 nitrogen and oxygen atoms in total. The molecular weight excluding hydrogens is 192 g/mol. The van der Waals surface area contributed by atoms with Crippen molar-refractivity contribution in [2.45, 2.75) is 13.8 Å². The maximum Gasteiger partial charge on any atom is 0.296 e. The highest BCUT2D eigenvalue weighted by atomic mass is 16.1. The number of nitrogens with zero attached hydrogens (tertiary/aromatic N) is 2. The van der Waals surface area contributed by atoms with Crippen LogP contribution < -0.4 is 11.3 Å². The van der Waals surface area contributed by atoms with Crippen molar-refractivity contribution in [2.75, 3.05) is 5.73 Å². The molecule has 0 radical (unpaired) electrons. The second-order valence-corrected chi connectivity index (χ2v) is 3.48. The van der Waals surface area contributed by atoms with Crippen molar-refractivity contribution < 1.29 is 0 Å². The van der Waals surface area contributed by atoms with Gasteiger partial charge in [0.1, 0.15) is 5.69 Å². The van der Waals surface area contributed by atoms with E-state index in [0.717, 1.165) is 5.56 Å². The number of aromatic amines is 1. The highest BCUT2D eigenvalue weighted by molar-refractivity contribution is 5.42. The quantitative estimate of drug-likeness (QED) is 0.720. The molecule has 0 bridgehead atoms. The van der Waals surface area contributed by atoms with Crippen LogP contribution in [0.25, 0.3) is 5.82 Å². The number of anilines is 1. The molecule has 0 aliphatic rings. The van der Waals surface area contributed by atoms with E-state index >= 15 is 0 Å². The molecule has 5 heteroatoms. The Morgan fingerprint density at radius 1 is 1.47 bits per heavy atom. The third kappa shape index (κ3) is 1.52. The molecule has 0 saturated heterocycles. The zero-order chi connectivity index (χ0) is 11.0. The van der Waals surface area contributed by atoms with Gasteiger partial charge in [-0.25, -0.2) is 4.98 Å². The number of pyridine rings is 1. The monoisotopic (exact) mass is 204 g/mol. The summed E-state index contributed by atoms with van der Waals surface area (Å²) in [6.45, 7) is 3.69. The first-order valence-electron chi connectivity index (χ1n) is 4.59. The van der Waals surface area contributed by atoms with Crippen LogP contribution >= 0.6 is 0 Å². The van der Waals surface area contributed by atoms with E-state index in [1.807, 2.05) is 19.1 Å². The van der Waals surface area contributed by atoms with Crippen LogP contribution in [-0.2, 0) is 0 Å². The van der Waals surface area contributed by atoms with Crippen molar-refractivity contribution in [2.24, 2.45) is 0 Å². The molecule has 0 aliphatic carbocycles. The van der Waals surface area contributed by atoms with Gasteiger partial charge in [0.25, 0.3) is 5.56 Å². The van der Waals surface area contributed by atoms with E-state index in [4.69, 9.17) is 5.73 Å². The smallest absolute Gasteiger partial charge is 0.296 e. The van der Waals surface area contributed by atoms with Gasteiger partial charge >= 0.3 is 0 Å². The number of nitrogens with one attached hydrogen (secondary N) is 1. The van der Waals surface area contributed by atoms with Gasteiger partial charge in [-0.2, -0.15) is 4.68 Å².